The molecular formula is C8H18N2O. The van der Waals surface area contributed by atoms with Crippen molar-refractivity contribution in [1.82, 2.24) is 10.2 Å². The van der Waals surface area contributed by atoms with E-state index in [0.29, 0.717) is 6.04 Å². The summed E-state index contributed by atoms with van der Waals surface area (Å²) < 4.78 is 5.39. The minimum Gasteiger partial charge on any atom is -0.378 e. The molecule has 0 aliphatic carbocycles. The number of nitrogens with one attached hydrogen (secondary N) is 1. The van der Waals surface area contributed by atoms with Crippen molar-refractivity contribution in [3.63, 3.8) is 0 Å². The summed E-state index contributed by atoms with van der Waals surface area (Å²) in [7, 11) is 1.99. The van der Waals surface area contributed by atoms with Gasteiger partial charge in [-0.15, -0.1) is 0 Å². The lowest BCUT2D eigenvalue weighted by Gasteiger charge is -2.34. The predicted octanol–water partition coefficient (Wildman–Crippen LogP) is -0.0735. The Hall–Kier alpha value is -0.120. The van der Waals surface area contributed by atoms with E-state index in [-0.39, 0.29) is 0 Å². The monoisotopic (exact) mass is 158 g/mol. The number of hydrogen-bond acceptors (Lipinski definition) is 3. The smallest absolute Gasteiger partial charge is 0.0634 e. The van der Waals surface area contributed by atoms with Gasteiger partial charge in [-0.25, -0.2) is 0 Å². The summed E-state index contributed by atoms with van der Waals surface area (Å²) in [5, 5.41) is 3.18. The fraction of sp³-hybridized carbons (Fsp3) is 1.00. The van der Waals surface area contributed by atoms with Gasteiger partial charge in [0, 0.05) is 19.1 Å². The van der Waals surface area contributed by atoms with Gasteiger partial charge < -0.3 is 10.1 Å². The second kappa shape index (κ2) is 4.70. The number of likely N-dealkylation sites (N-methyl/N-ethyl adjacent to an activating group) is 2. The summed E-state index contributed by atoms with van der Waals surface area (Å²) in [6.45, 7) is 7.24. The zero-order valence-corrected chi connectivity index (χ0v) is 7.47. The summed E-state index contributed by atoms with van der Waals surface area (Å²) in [6, 6.07) is 0.582. The Labute approximate surface area is 68.7 Å². The lowest BCUT2D eigenvalue weighted by molar-refractivity contribution is -0.00350. The molecule has 1 fully saturated rings. The van der Waals surface area contributed by atoms with Crippen molar-refractivity contribution in [3.05, 3.63) is 0 Å². The summed E-state index contributed by atoms with van der Waals surface area (Å²) in [6.07, 6.45) is 0. The molecule has 0 amide bonds. The van der Waals surface area contributed by atoms with E-state index < -0.39 is 0 Å². The molecule has 11 heavy (non-hydrogen) atoms. The quantitative estimate of drug-likeness (QED) is 0.622. The molecule has 1 rings (SSSR count). The van der Waals surface area contributed by atoms with Crippen LogP contribution in [0.5, 0.6) is 0 Å². The van der Waals surface area contributed by atoms with Crippen molar-refractivity contribution >= 4 is 0 Å². The van der Waals surface area contributed by atoms with E-state index in [4.69, 9.17) is 4.74 Å². The Morgan fingerprint density at radius 2 is 2.45 bits per heavy atom. The van der Waals surface area contributed by atoms with Crippen LogP contribution in [0.25, 0.3) is 0 Å². The number of morpholine rings is 1. The summed E-state index contributed by atoms with van der Waals surface area (Å²) in [5.41, 5.74) is 0. The van der Waals surface area contributed by atoms with Gasteiger partial charge in [-0.1, -0.05) is 6.92 Å². The van der Waals surface area contributed by atoms with Gasteiger partial charge in [0.05, 0.1) is 13.2 Å². The van der Waals surface area contributed by atoms with Crippen LogP contribution in [0.2, 0.25) is 0 Å². The largest absolute Gasteiger partial charge is 0.378 e. The van der Waals surface area contributed by atoms with E-state index in [1.807, 2.05) is 7.05 Å². The summed E-state index contributed by atoms with van der Waals surface area (Å²) >= 11 is 0. The molecule has 0 bridgehead atoms. The molecular weight excluding hydrogens is 140 g/mol. The maximum absolute atomic E-state index is 5.39. The zero-order chi connectivity index (χ0) is 8.10. The fourth-order valence-corrected chi connectivity index (χ4v) is 1.53. The van der Waals surface area contributed by atoms with Gasteiger partial charge in [-0.2, -0.15) is 0 Å². The first-order chi connectivity index (χ1) is 5.38. The third-order valence-corrected chi connectivity index (χ3v) is 2.20. The van der Waals surface area contributed by atoms with Gasteiger partial charge in [0.1, 0.15) is 0 Å². The maximum Gasteiger partial charge on any atom is 0.0634 e. The fourth-order valence-electron chi connectivity index (χ4n) is 1.53. The Bertz CT molecular complexity index is 106. The number of ether oxygens (including phenoxy) is 1. The zero-order valence-electron chi connectivity index (χ0n) is 7.47. The molecule has 66 valence electrons. The highest BCUT2D eigenvalue weighted by molar-refractivity contribution is 4.75. The van der Waals surface area contributed by atoms with Crippen LogP contribution in [0, 0.1) is 0 Å². The van der Waals surface area contributed by atoms with Crippen LogP contribution < -0.4 is 5.32 Å². The van der Waals surface area contributed by atoms with Gasteiger partial charge in [0.25, 0.3) is 0 Å². The van der Waals surface area contributed by atoms with Gasteiger partial charge in [-0.05, 0) is 13.6 Å². The molecule has 1 N–H and O–H groups in total. The Balaban J connectivity index is 2.31. The summed E-state index contributed by atoms with van der Waals surface area (Å²) in [4.78, 5) is 2.46. The van der Waals surface area contributed by atoms with Crippen LogP contribution in [0.3, 0.4) is 0 Å². The van der Waals surface area contributed by atoms with Gasteiger partial charge in [-0.3, -0.25) is 4.90 Å². The Kier molecular flexibility index (Phi) is 3.83. The third kappa shape index (κ3) is 2.43. The van der Waals surface area contributed by atoms with Gasteiger partial charge >= 0.3 is 0 Å². The molecule has 0 radical (unpaired) electrons. The average molecular weight is 158 g/mol. The standard InChI is InChI=1S/C8H18N2O/c1-3-10-4-5-11-7-8(10)6-9-2/h8-9H,3-7H2,1-2H3/t8-/m1/s1. The topological polar surface area (TPSA) is 24.5 Å². The van der Waals surface area contributed by atoms with Crippen molar-refractivity contribution in [2.75, 3.05) is 39.9 Å². The molecule has 3 nitrogen and oxygen atoms in total. The summed E-state index contributed by atoms with van der Waals surface area (Å²) in [5.74, 6) is 0. The first kappa shape index (κ1) is 8.97. The number of rotatable bonds is 3. The second-order valence-electron chi connectivity index (χ2n) is 2.92. The molecule has 1 aliphatic rings. The molecule has 0 saturated carbocycles. The molecule has 0 spiro atoms. The first-order valence-electron chi connectivity index (χ1n) is 4.35. The highest BCUT2D eigenvalue weighted by atomic mass is 16.5. The minimum atomic E-state index is 0.582. The third-order valence-electron chi connectivity index (χ3n) is 2.20. The highest BCUT2D eigenvalue weighted by Gasteiger charge is 2.19. The SMILES string of the molecule is CCN1CCOC[C@H]1CNC. The van der Waals surface area contributed by atoms with Crippen molar-refractivity contribution < 1.29 is 4.74 Å². The van der Waals surface area contributed by atoms with Crippen molar-refractivity contribution in [2.45, 2.75) is 13.0 Å². The first-order valence-corrected chi connectivity index (χ1v) is 4.35. The molecule has 0 aromatic heterocycles. The van der Waals surface area contributed by atoms with E-state index in [2.05, 4.69) is 17.1 Å². The number of hydrogen-bond donors (Lipinski definition) is 1. The van der Waals surface area contributed by atoms with Crippen molar-refractivity contribution in [3.8, 4) is 0 Å². The molecule has 3 heteroatoms. The average Bonchev–Trinajstić information content (AvgIpc) is 2.06. The van der Waals surface area contributed by atoms with Crippen LogP contribution in [-0.4, -0.2) is 50.8 Å². The predicted molar refractivity (Wildman–Crippen MR) is 45.8 cm³/mol. The molecule has 1 atom stereocenters. The van der Waals surface area contributed by atoms with E-state index >= 15 is 0 Å². The second-order valence-corrected chi connectivity index (χ2v) is 2.92. The molecule has 0 aromatic carbocycles. The molecule has 1 heterocycles. The van der Waals surface area contributed by atoms with E-state index in [9.17, 15) is 0 Å². The number of nitrogens with zero attached hydrogens (tertiary/aromatic N) is 1. The molecule has 0 aromatic rings. The van der Waals surface area contributed by atoms with Crippen molar-refractivity contribution in [2.24, 2.45) is 0 Å². The van der Waals surface area contributed by atoms with E-state index in [1.165, 1.54) is 0 Å². The maximum atomic E-state index is 5.39. The van der Waals surface area contributed by atoms with Crippen molar-refractivity contribution in [1.29, 1.82) is 0 Å². The lowest BCUT2D eigenvalue weighted by Crippen LogP contribution is -2.49. The van der Waals surface area contributed by atoms with Crippen LogP contribution in [0.4, 0.5) is 0 Å². The lowest BCUT2D eigenvalue weighted by atomic mass is 10.2. The van der Waals surface area contributed by atoms with Crippen LogP contribution in [0.1, 0.15) is 6.92 Å². The Morgan fingerprint density at radius 1 is 1.64 bits per heavy atom. The van der Waals surface area contributed by atoms with Crippen LogP contribution in [-0.2, 0) is 4.74 Å². The van der Waals surface area contributed by atoms with Crippen LogP contribution >= 0.6 is 0 Å². The normalized spacial score (nSPS) is 27.3. The Morgan fingerprint density at radius 3 is 3.09 bits per heavy atom. The van der Waals surface area contributed by atoms with Gasteiger partial charge in [0.15, 0.2) is 0 Å². The van der Waals surface area contributed by atoms with Crippen LogP contribution in [0.15, 0.2) is 0 Å². The molecule has 1 aliphatic heterocycles. The van der Waals surface area contributed by atoms with Gasteiger partial charge in [0.2, 0.25) is 0 Å². The molecule has 1 saturated heterocycles. The minimum absolute atomic E-state index is 0.582. The highest BCUT2D eigenvalue weighted by Crippen LogP contribution is 2.04. The molecule has 0 unspecified atom stereocenters. The van der Waals surface area contributed by atoms with E-state index in [1.54, 1.807) is 0 Å². The van der Waals surface area contributed by atoms with E-state index in [0.717, 1.165) is 32.8 Å².